The molecule has 2 aromatic heterocycles. The second kappa shape index (κ2) is 8.91. The number of hydrogen-bond acceptors (Lipinski definition) is 5. The van der Waals surface area contributed by atoms with Crippen molar-refractivity contribution in [3.63, 3.8) is 0 Å². The molecule has 3 heterocycles. The van der Waals surface area contributed by atoms with Gasteiger partial charge in [-0.1, -0.05) is 36.0 Å². The molecule has 176 valence electrons. The van der Waals surface area contributed by atoms with Crippen molar-refractivity contribution in [1.82, 2.24) is 24.1 Å². The Morgan fingerprint density at radius 3 is 2.56 bits per heavy atom. The number of benzene rings is 2. The fourth-order valence-electron chi connectivity index (χ4n) is 5.06. The molecule has 34 heavy (non-hydrogen) atoms. The number of thioether (sulfide) groups is 1. The van der Waals surface area contributed by atoms with Crippen molar-refractivity contribution in [2.24, 2.45) is 0 Å². The van der Waals surface area contributed by atoms with Gasteiger partial charge < -0.3 is 4.90 Å². The molecule has 1 fully saturated rings. The molecule has 0 N–H and O–H groups in total. The van der Waals surface area contributed by atoms with E-state index >= 15 is 0 Å². The fourth-order valence-corrected chi connectivity index (χ4v) is 5.87. The van der Waals surface area contributed by atoms with Crippen molar-refractivity contribution in [2.75, 3.05) is 5.75 Å². The Morgan fingerprint density at radius 1 is 1.06 bits per heavy atom. The lowest BCUT2D eigenvalue weighted by Gasteiger charge is -2.39. The average Bonchev–Trinajstić information content (AvgIpc) is 3.24. The zero-order valence-corrected chi connectivity index (χ0v) is 20.8. The Kier molecular flexibility index (Phi) is 5.93. The van der Waals surface area contributed by atoms with E-state index in [1.54, 1.807) is 4.57 Å². The van der Waals surface area contributed by atoms with Crippen LogP contribution in [0.4, 0.5) is 0 Å². The van der Waals surface area contributed by atoms with Crippen molar-refractivity contribution in [2.45, 2.75) is 64.2 Å². The number of aryl methyl sites for hydroxylation is 2. The molecule has 4 aromatic rings. The molecule has 1 saturated heterocycles. The van der Waals surface area contributed by atoms with Gasteiger partial charge in [0.2, 0.25) is 11.7 Å². The molecular formula is C26H29N5O2S. The predicted octanol–water partition coefficient (Wildman–Crippen LogP) is 4.53. The van der Waals surface area contributed by atoms with E-state index < -0.39 is 0 Å². The highest BCUT2D eigenvalue weighted by atomic mass is 32.2. The van der Waals surface area contributed by atoms with Crippen LogP contribution in [0.3, 0.4) is 0 Å². The Labute approximate surface area is 202 Å². The Balaban J connectivity index is 1.61. The van der Waals surface area contributed by atoms with Crippen LogP contribution >= 0.6 is 11.8 Å². The SMILES string of the molecule is Cc1ccc(C)c(-n2c(=O)c3ccccc3n3c(SCC(=O)N4C(C)CCCC4C)nnc23)c1. The molecule has 2 aromatic carbocycles. The molecule has 2 atom stereocenters. The van der Waals surface area contributed by atoms with Crippen molar-refractivity contribution >= 4 is 34.3 Å². The summed E-state index contributed by atoms with van der Waals surface area (Å²) >= 11 is 1.38. The Morgan fingerprint density at radius 2 is 1.79 bits per heavy atom. The summed E-state index contributed by atoms with van der Waals surface area (Å²) in [6.45, 7) is 8.24. The lowest BCUT2D eigenvalue weighted by atomic mass is 9.98. The second-order valence-corrected chi connectivity index (χ2v) is 10.2. The summed E-state index contributed by atoms with van der Waals surface area (Å²) in [7, 11) is 0. The minimum Gasteiger partial charge on any atom is -0.337 e. The number of hydrogen-bond donors (Lipinski definition) is 0. The number of nitrogens with zero attached hydrogens (tertiary/aromatic N) is 5. The maximum Gasteiger partial charge on any atom is 0.267 e. The van der Waals surface area contributed by atoms with Gasteiger partial charge in [-0.2, -0.15) is 0 Å². The second-order valence-electron chi connectivity index (χ2n) is 9.28. The predicted molar refractivity (Wildman–Crippen MR) is 136 cm³/mol. The molecule has 1 aliphatic rings. The van der Waals surface area contributed by atoms with E-state index in [-0.39, 0.29) is 29.3 Å². The third kappa shape index (κ3) is 3.79. The standard InChI is InChI=1S/C26H29N5O2S/c1-16-12-13-17(2)22(14-16)30-24(33)20-10-5-6-11-21(20)31-25(30)27-28-26(31)34-15-23(32)29-18(3)8-7-9-19(29)4/h5-6,10-14,18-19H,7-9,15H2,1-4H3. The molecule has 5 rings (SSSR count). The first kappa shape index (κ1) is 22.7. The first-order valence-electron chi connectivity index (χ1n) is 11.8. The minimum atomic E-state index is -0.132. The van der Waals surface area contributed by atoms with E-state index in [0.29, 0.717) is 16.3 Å². The first-order chi connectivity index (χ1) is 16.4. The molecule has 1 amide bonds. The highest BCUT2D eigenvalue weighted by Gasteiger charge is 2.29. The van der Waals surface area contributed by atoms with Gasteiger partial charge in [0.25, 0.3) is 5.56 Å². The largest absolute Gasteiger partial charge is 0.337 e. The topological polar surface area (TPSA) is 72.5 Å². The average molecular weight is 476 g/mol. The summed E-state index contributed by atoms with van der Waals surface area (Å²) in [6, 6.07) is 14.0. The van der Waals surface area contributed by atoms with Gasteiger partial charge in [-0.25, -0.2) is 4.57 Å². The van der Waals surface area contributed by atoms with Crippen LogP contribution in [0.25, 0.3) is 22.4 Å². The number of likely N-dealkylation sites (tertiary alicyclic amines) is 1. The highest BCUT2D eigenvalue weighted by molar-refractivity contribution is 7.99. The summed E-state index contributed by atoms with van der Waals surface area (Å²) in [5.41, 5.74) is 3.43. The van der Waals surface area contributed by atoms with Gasteiger partial charge in [0.1, 0.15) is 0 Å². The first-order valence-corrected chi connectivity index (χ1v) is 12.8. The number of amides is 1. The van der Waals surface area contributed by atoms with Crippen LogP contribution in [0, 0.1) is 13.8 Å². The number of para-hydroxylation sites is 1. The summed E-state index contributed by atoms with van der Waals surface area (Å²) < 4.78 is 3.54. The molecule has 8 heteroatoms. The zero-order chi connectivity index (χ0) is 24.0. The summed E-state index contributed by atoms with van der Waals surface area (Å²) in [4.78, 5) is 28.7. The van der Waals surface area contributed by atoms with Crippen LogP contribution in [0.2, 0.25) is 0 Å². The molecular weight excluding hydrogens is 446 g/mol. The minimum absolute atomic E-state index is 0.119. The summed E-state index contributed by atoms with van der Waals surface area (Å²) in [5, 5.41) is 10.0. The Bertz CT molecular complexity index is 1450. The van der Waals surface area contributed by atoms with E-state index in [1.165, 1.54) is 11.8 Å². The van der Waals surface area contributed by atoms with Crippen LogP contribution in [0.15, 0.2) is 52.4 Å². The normalized spacial score (nSPS) is 18.6. The summed E-state index contributed by atoms with van der Waals surface area (Å²) in [6.07, 6.45) is 3.25. The van der Waals surface area contributed by atoms with E-state index in [9.17, 15) is 9.59 Å². The van der Waals surface area contributed by atoms with Gasteiger partial charge in [0.05, 0.1) is 22.3 Å². The van der Waals surface area contributed by atoms with Crippen LogP contribution in [-0.2, 0) is 4.79 Å². The monoisotopic (exact) mass is 475 g/mol. The van der Waals surface area contributed by atoms with Gasteiger partial charge in [0.15, 0.2) is 5.16 Å². The van der Waals surface area contributed by atoms with E-state index in [2.05, 4.69) is 24.0 Å². The van der Waals surface area contributed by atoms with E-state index in [1.807, 2.05) is 65.6 Å². The maximum atomic E-state index is 13.6. The number of carbonyl (C=O) groups excluding carboxylic acids is 1. The number of piperidine rings is 1. The third-order valence-electron chi connectivity index (χ3n) is 6.81. The van der Waals surface area contributed by atoms with Gasteiger partial charge in [-0.3, -0.25) is 14.0 Å². The number of carbonyl (C=O) groups is 1. The number of aromatic nitrogens is 4. The number of fused-ring (bicyclic) bond motifs is 3. The van der Waals surface area contributed by atoms with Crippen molar-refractivity contribution in [3.8, 4) is 5.69 Å². The van der Waals surface area contributed by atoms with Crippen molar-refractivity contribution < 1.29 is 4.79 Å². The zero-order valence-electron chi connectivity index (χ0n) is 20.0. The molecule has 0 aliphatic carbocycles. The van der Waals surface area contributed by atoms with Crippen LogP contribution in [0.5, 0.6) is 0 Å². The lowest BCUT2D eigenvalue weighted by molar-refractivity contribution is -0.134. The molecule has 0 spiro atoms. The van der Waals surface area contributed by atoms with Gasteiger partial charge >= 0.3 is 0 Å². The molecule has 0 radical (unpaired) electrons. The molecule has 1 aliphatic heterocycles. The van der Waals surface area contributed by atoms with E-state index in [0.717, 1.165) is 41.6 Å². The van der Waals surface area contributed by atoms with Gasteiger partial charge in [-0.05, 0) is 76.3 Å². The quantitative estimate of drug-likeness (QED) is 0.406. The van der Waals surface area contributed by atoms with Crippen LogP contribution in [-0.4, -0.2) is 47.8 Å². The van der Waals surface area contributed by atoms with Crippen molar-refractivity contribution in [1.29, 1.82) is 0 Å². The fraction of sp³-hybridized carbons (Fsp3) is 0.385. The van der Waals surface area contributed by atoms with Crippen molar-refractivity contribution in [3.05, 3.63) is 63.9 Å². The smallest absolute Gasteiger partial charge is 0.267 e. The van der Waals surface area contributed by atoms with Crippen LogP contribution in [0.1, 0.15) is 44.2 Å². The molecule has 2 unspecified atom stereocenters. The Hall–Kier alpha value is -3.13. The molecule has 0 bridgehead atoms. The van der Waals surface area contributed by atoms with Gasteiger partial charge in [-0.15, -0.1) is 10.2 Å². The summed E-state index contributed by atoms with van der Waals surface area (Å²) in [5.74, 6) is 0.854. The molecule has 7 nitrogen and oxygen atoms in total. The van der Waals surface area contributed by atoms with Gasteiger partial charge in [0, 0.05) is 12.1 Å². The molecule has 0 saturated carbocycles. The lowest BCUT2D eigenvalue weighted by Crippen LogP contribution is -2.48. The third-order valence-corrected chi connectivity index (χ3v) is 7.72. The van der Waals surface area contributed by atoms with Crippen LogP contribution < -0.4 is 5.56 Å². The number of rotatable bonds is 4. The highest BCUT2D eigenvalue weighted by Crippen LogP contribution is 2.27. The van der Waals surface area contributed by atoms with E-state index in [4.69, 9.17) is 0 Å². The maximum absolute atomic E-state index is 13.6.